The number of nitrogens with two attached hydrogens (primary N) is 1. The van der Waals surface area contributed by atoms with Crippen LogP contribution in [-0.4, -0.2) is 54.4 Å². The Kier molecular flexibility index (Phi) is 13.5. The molecule has 0 aliphatic rings. The largest absolute Gasteiger partial charge is 0.351 e. The number of aromatic nitrogens is 1. The van der Waals surface area contributed by atoms with E-state index in [1.165, 1.54) is 11.3 Å². The Bertz CT molecular complexity index is 751. The summed E-state index contributed by atoms with van der Waals surface area (Å²) in [7, 11) is 0. The van der Waals surface area contributed by atoms with Crippen molar-refractivity contribution in [2.45, 2.75) is 20.3 Å². The molecule has 0 atom stereocenters. The zero-order valence-corrected chi connectivity index (χ0v) is 19.1. The van der Waals surface area contributed by atoms with Crippen molar-refractivity contribution < 1.29 is 9.59 Å². The first-order valence-corrected chi connectivity index (χ1v) is 10.0. The molecule has 0 spiro atoms. The molecule has 0 aliphatic carbocycles. The summed E-state index contributed by atoms with van der Waals surface area (Å²) in [6.45, 7) is 8.07. The van der Waals surface area contributed by atoms with E-state index in [1.54, 1.807) is 29.6 Å². The van der Waals surface area contributed by atoms with Crippen LogP contribution in [0.5, 0.6) is 0 Å². The molecule has 0 radical (unpaired) electrons. The van der Waals surface area contributed by atoms with Gasteiger partial charge in [-0.15, -0.1) is 36.2 Å². The van der Waals surface area contributed by atoms with E-state index in [9.17, 15) is 9.59 Å². The van der Waals surface area contributed by atoms with E-state index in [4.69, 9.17) is 5.73 Å². The van der Waals surface area contributed by atoms with Crippen LogP contribution in [0.2, 0.25) is 0 Å². The second-order valence-electron chi connectivity index (χ2n) is 5.98. The molecule has 0 saturated heterocycles. The summed E-state index contributed by atoms with van der Waals surface area (Å²) in [5, 5.41) is 8.27. The number of carbonyl (C=O) groups is 2. The molecule has 2 amide bonds. The van der Waals surface area contributed by atoms with Crippen LogP contribution in [0.3, 0.4) is 0 Å². The van der Waals surface area contributed by atoms with Gasteiger partial charge in [-0.05, 0) is 43.9 Å². The lowest BCUT2D eigenvalue weighted by Gasteiger charge is -2.17. The minimum atomic E-state index is -0.272. The minimum absolute atomic E-state index is 0. The highest BCUT2D eigenvalue weighted by molar-refractivity contribution is 7.09. The number of amides is 2. The maximum atomic E-state index is 12.2. The molecule has 4 N–H and O–H groups in total. The van der Waals surface area contributed by atoms with Gasteiger partial charge in [0.2, 0.25) is 0 Å². The lowest BCUT2D eigenvalue weighted by Crippen LogP contribution is -2.34. The van der Waals surface area contributed by atoms with Crippen molar-refractivity contribution in [1.29, 1.82) is 0 Å². The van der Waals surface area contributed by atoms with Crippen molar-refractivity contribution in [2.24, 2.45) is 5.73 Å². The van der Waals surface area contributed by atoms with Crippen LogP contribution in [0, 0.1) is 0 Å². The van der Waals surface area contributed by atoms with Gasteiger partial charge >= 0.3 is 0 Å². The summed E-state index contributed by atoms with van der Waals surface area (Å²) >= 11 is 1.42. The normalized spacial score (nSPS) is 10.1. The zero-order valence-electron chi connectivity index (χ0n) is 16.6. The molecule has 7 nitrogen and oxygen atoms in total. The van der Waals surface area contributed by atoms with Crippen molar-refractivity contribution in [3.63, 3.8) is 0 Å². The number of benzene rings is 1. The third-order valence-corrected chi connectivity index (χ3v) is 5.06. The Balaban J connectivity index is 0.00000392. The number of nitrogens with zero attached hydrogens (tertiary/aromatic N) is 2. The second kappa shape index (κ2) is 14.3. The summed E-state index contributed by atoms with van der Waals surface area (Å²) in [6, 6.07) is 6.82. The van der Waals surface area contributed by atoms with Gasteiger partial charge < -0.3 is 21.3 Å². The molecule has 0 fully saturated rings. The molecule has 1 heterocycles. The lowest BCUT2D eigenvalue weighted by atomic mass is 10.2. The zero-order chi connectivity index (χ0) is 19.6. The SMILES string of the molecule is CCN(CC)CCNC(=O)c1ccc(NC(=O)c2csc(CCN)n2)cc1.Cl.Cl. The summed E-state index contributed by atoms with van der Waals surface area (Å²) in [5.41, 5.74) is 7.06. The standard InChI is InChI=1S/C19H27N5O2S.2ClH/c1-3-24(4-2)12-11-21-18(25)14-5-7-15(8-6-14)22-19(26)16-13-27-17(23-16)9-10-20;;/h5-8,13H,3-4,9-12,20H2,1-2H3,(H,21,25)(H,22,26);2*1H. The third kappa shape index (κ3) is 8.67. The monoisotopic (exact) mass is 461 g/mol. The molecule has 10 heteroatoms. The van der Waals surface area contributed by atoms with Crippen molar-refractivity contribution in [3.05, 3.63) is 45.9 Å². The predicted octanol–water partition coefficient (Wildman–Crippen LogP) is 2.81. The quantitative estimate of drug-likeness (QED) is 0.504. The summed E-state index contributed by atoms with van der Waals surface area (Å²) in [5.74, 6) is -0.392. The third-order valence-electron chi connectivity index (χ3n) is 4.16. The number of halogens is 2. The maximum Gasteiger partial charge on any atom is 0.275 e. The Morgan fingerprint density at radius 3 is 2.34 bits per heavy atom. The molecule has 2 aromatic rings. The van der Waals surface area contributed by atoms with Gasteiger partial charge in [0.25, 0.3) is 11.8 Å². The van der Waals surface area contributed by atoms with E-state index in [2.05, 4.69) is 34.4 Å². The maximum absolute atomic E-state index is 12.2. The highest BCUT2D eigenvalue weighted by Gasteiger charge is 2.12. The van der Waals surface area contributed by atoms with Crippen molar-refractivity contribution in [2.75, 3.05) is 38.0 Å². The molecule has 0 saturated carbocycles. The number of rotatable bonds is 10. The lowest BCUT2D eigenvalue weighted by molar-refractivity contribution is 0.0948. The van der Waals surface area contributed by atoms with Gasteiger partial charge in [-0.3, -0.25) is 9.59 Å². The molecular formula is C19H29Cl2N5O2S. The van der Waals surface area contributed by atoms with Crippen molar-refractivity contribution in [3.8, 4) is 0 Å². The van der Waals surface area contributed by atoms with Gasteiger partial charge in [0.15, 0.2) is 0 Å². The van der Waals surface area contributed by atoms with Crippen LogP contribution in [-0.2, 0) is 6.42 Å². The van der Waals surface area contributed by atoms with Gasteiger partial charge in [-0.2, -0.15) is 0 Å². The van der Waals surface area contributed by atoms with Crippen LogP contribution in [0.1, 0.15) is 39.7 Å². The van der Waals surface area contributed by atoms with E-state index in [1.807, 2.05) is 0 Å². The van der Waals surface area contributed by atoms with E-state index < -0.39 is 0 Å². The summed E-state index contributed by atoms with van der Waals surface area (Å²) in [4.78, 5) is 30.9. The highest BCUT2D eigenvalue weighted by atomic mass is 35.5. The van der Waals surface area contributed by atoms with Crippen LogP contribution in [0.25, 0.3) is 0 Å². The fourth-order valence-electron chi connectivity index (χ4n) is 2.52. The van der Waals surface area contributed by atoms with Crippen molar-refractivity contribution in [1.82, 2.24) is 15.2 Å². The number of nitrogens with one attached hydrogen (secondary N) is 2. The molecule has 29 heavy (non-hydrogen) atoms. The molecule has 162 valence electrons. The molecule has 0 unspecified atom stereocenters. The molecule has 1 aromatic carbocycles. The van der Waals surface area contributed by atoms with Crippen LogP contribution < -0.4 is 16.4 Å². The first-order valence-electron chi connectivity index (χ1n) is 9.13. The van der Waals surface area contributed by atoms with Crippen molar-refractivity contribution >= 4 is 53.7 Å². The molecular weight excluding hydrogens is 433 g/mol. The summed E-state index contributed by atoms with van der Waals surface area (Å²) < 4.78 is 0. The highest BCUT2D eigenvalue weighted by Crippen LogP contribution is 2.14. The van der Waals surface area contributed by atoms with E-state index >= 15 is 0 Å². The fraction of sp³-hybridized carbons (Fsp3) is 0.421. The first kappa shape index (κ1) is 27.3. The topological polar surface area (TPSA) is 100 Å². The average molecular weight is 462 g/mol. The molecule has 0 aliphatic heterocycles. The van der Waals surface area contributed by atoms with Crippen LogP contribution in [0.4, 0.5) is 5.69 Å². The van der Waals surface area contributed by atoms with E-state index in [-0.39, 0.29) is 36.6 Å². The van der Waals surface area contributed by atoms with Gasteiger partial charge in [0.1, 0.15) is 5.69 Å². The smallest absolute Gasteiger partial charge is 0.275 e. The number of carbonyl (C=O) groups excluding carboxylic acids is 2. The Morgan fingerprint density at radius 1 is 1.10 bits per heavy atom. The number of anilines is 1. The average Bonchev–Trinajstić information content (AvgIpc) is 3.15. The first-order chi connectivity index (χ1) is 13.1. The van der Waals surface area contributed by atoms with Gasteiger partial charge in [-0.1, -0.05) is 13.8 Å². The number of hydrogen-bond acceptors (Lipinski definition) is 6. The predicted molar refractivity (Wildman–Crippen MR) is 124 cm³/mol. The number of likely N-dealkylation sites (N-methyl/N-ethyl adjacent to an activating group) is 1. The molecule has 2 rings (SSSR count). The molecule has 1 aromatic heterocycles. The minimum Gasteiger partial charge on any atom is -0.351 e. The second-order valence-corrected chi connectivity index (χ2v) is 6.92. The van der Waals surface area contributed by atoms with Gasteiger partial charge in [-0.25, -0.2) is 4.98 Å². The molecule has 0 bridgehead atoms. The number of thiazole rings is 1. The van der Waals surface area contributed by atoms with E-state index in [0.29, 0.717) is 36.5 Å². The Morgan fingerprint density at radius 2 is 1.76 bits per heavy atom. The number of hydrogen-bond donors (Lipinski definition) is 3. The fourth-order valence-corrected chi connectivity index (χ4v) is 3.32. The Hall–Kier alpha value is -1.71. The van der Waals surface area contributed by atoms with Gasteiger partial charge in [0.05, 0.1) is 5.01 Å². The Labute approximate surface area is 188 Å². The van der Waals surface area contributed by atoms with Crippen LogP contribution in [0.15, 0.2) is 29.6 Å². The van der Waals surface area contributed by atoms with Crippen LogP contribution >= 0.6 is 36.2 Å². The van der Waals surface area contributed by atoms with Gasteiger partial charge in [0, 0.05) is 36.1 Å². The van der Waals surface area contributed by atoms with E-state index in [0.717, 1.165) is 24.6 Å². The summed E-state index contributed by atoms with van der Waals surface area (Å²) in [6.07, 6.45) is 0.663.